The third-order valence-electron chi connectivity index (χ3n) is 4.09. The standard InChI is InChI=1S/C18H16N2OS/c21-18(20-10-6-17-15(13-20)7-11-22-17)14-4-3-5-16(12-14)19-8-1-2-9-19/h1-5,7-9,11-12H,6,10,13H2. The maximum Gasteiger partial charge on any atom is 0.254 e. The van der Waals surface area contributed by atoms with Crippen molar-refractivity contribution >= 4 is 17.2 Å². The molecule has 0 spiro atoms. The van der Waals surface area contributed by atoms with Crippen molar-refractivity contribution in [1.82, 2.24) is 9.47 Å². The van der Waals surface area contributed by atoms with Crippen LogP contribution in [-0.4, -0.2) is 21.9 Å². The van der Waals surface area contributed by atoms with Crippen LogP contribution >= 0.6 is 11.3 Å². The van der Waals surface area contributed by atoms with Crippen LogP contribution in [0.15, 0.2) is 60.2 Å². The zero-order valence-corrected chi connectivity index (χ0v) is 12.9. The minimum Gasteiger partial charge on any atom is -0.334 e. The molecule has 0 atom stereocenters. The first-order valence-electron chi connectivity index (χ1n) is 7.39. The molecule has 1 aliphatic heterocycles. The molecule has 0 unspecified atom stereocenters. The quantitative estimate of drug-likeness (QED) is 0.708. The van der Waals surface area contributed by atoms with Crippen molar-refractivity contribution in [1.29, 1.82) is 0 Å². The monoisotopic (exact) mass is 308 g/mol. The molecule has 22 heavy (non-hydrogen) atoms. The van der Waals surface area contributed by atoms with Crippen LogP contribution in [0.25, 0.3) is 5.69 Å². The normalized spacial score (nSPS) is 13.9. The van der Waals surface area contributed by atoms with E-state index in [0.29, 0.717) is 0 Å². The SMILES string of the molecule is O=C(c1cccc(-n2cccc2)c1)N1CCc2sccc2C1. The van der Waals surface area contributed by atoms with Crippen LogP contribution in [0.3, 0.4) is 0 Å². The van der Waals surface area contributed by atoms with Crippen molar-refractivity contribution in [3.8, 4) is 5.69 Å². The molecule has 0 radical (unpaired) electrons. The highest BCUT2D eigenvalue weighted by molar-refractivity contribution is 7.10. The minimum atomic E-state index is 0.117. The van der Waals surface area contributed by atoms with E-state index in [-0.39, 0.29) is 5.91 Å². The number of aromatic nitrogens is 1. The number of benzene rings is 1. The van der Waals surface area contributed by atoms with Gasteiger partial charge in [0.15, 0.2) is 0 Å². The van der Waals surface area contributed by atoms with Gasteiger partial charge in [0, 0.05) is 41.6 Å². The fourth-order valence-electron chi connectivity index (χ4n) is 2.91. The predicted octanol–water partition coefficient (Wildman–Crippen LogP) is 3.74. The van der Waals surface area contributed by atoms with E-state index in [4.69, 9.17) is 0 Å². The molecule has 0 aliphatic carbocycles. The van der Waals surface area contributed by atoms with E-state index < -0.39 is 0 Å². The first-order chi connectivity index (χ1) is 10.8. The van der Waals surface area contributed by atoms with Crippen LogP contribution in [0.4, 0.5) is 0 Å². The number of carbonyl (C=O) groups excluding carboxylic acids is 1. The summed E-state index contributed by atoms with van der Waals surface area (Å²) < 4.78 is 2.02. The van der Waals surface area contributed by atoms with Crippen LogP contribution < -0.4 is 0 Å². The Labute approximate surface area is 133 Å². The first kappa shape index (κ1) is 13.3. The highest BCUT2D eigenvalue weighted by Crippen LogP contribution is 2.25. The van der Waals surface area contributed by atoms with Crippen LogP contribution in [0.5, 0.6) is 0 Å². The van der Waals surface area contributed by atoms with Crippen LogP contribution in [-0.2, 0) is 13.0 Å². The second-order valence-corrected chi connectivity index (χ2v) is 6.49. The first-order valence-corrected chi connectivity index (χ1v) is 8.27. The molecule has 0 fully saturated rings. The van der Waals surface area contributed by atoms with E-state index >= 15 is 0 Å². The highest BCUT2D eigenvalue weighted by atomic mass is 32.1. The van der Waals surface area contributed by atoms with Gasteiger partial charge in [0.25, 0.3) is 5.91 Å². The maximum absolute atomic E-state index is 12.8. The van der Waals surface area contributed by atoms with E-state index in [1.54, 1.807) is 11.3 Å². The number of fused-ring (bicyclic) bond motifs is 1. The van der Waals surface area contributed by atoms with E-state index in [1.165, 1.54) is 10.4 Å². The van der Waals surface area contributed by atoms with Crippen LogP contribution in [0.1, 0.15) is 20.8 Å². The molecule has 0 bridgehead atoms. The molecule has 3 heterocycles. The fourth-order valence-corrected chi connectivity index (χ4v) is 3.80. The molecule has 0 saturated heterocycles. The van der Waals surface area contributed by atoms with Crippen LogP contribution in [0, 0.1) is 0 Å². The van der Waals surface area contributed by atoms with Gasteiger partial charge in [-0.05, 0) is 53.8 Å². The Kier molecular flexibility index (Phi) is 3.31. The number of thiophene rings is 1. The molecule has 4 heteroatoms. The summed E-state index contributed by atoms with van der Waals surface area (Å²) in [4.78, 5) is 16.1. The summed E-state index contributed by atoms with van der Waals surface area (Å²) in [5.41, 5.74) is 3.07. The molecule has 3 aromatic rings. The highest BCUT2D eigenvalue weighted by Gasteiger charge is 2.22. The third-order valence-corrected chi connectivity index (χ3v) is 5.11. The average molecular weight is 308 g/mol. The summed E-state index contributed by atoms with van der Waals surface area (Å²) >= 11 is 1.79. The summed E-state index contributed by atoms with van der Waals surface area (Å²) in [7, 11) is 0. The molecule has 0 N–H and O–H groups in total. The second kappa shape index (κ2) is 5.46. The molecule has 4 rings (SSSR count). The summed E-state index contributed by atoms with van der Waals surface area (Å²) in [6.45, 7) is 1.53. The van der Waals surface area contributed by atoms with E-state index in [2.05, 4.69) is 11.4 Å². The van der Waals surface area contributed by atoms with Crippen molar-refractivity contribution in [2.45, 2.75) is 13.0 Å². The molecule has 1 aromatic carbocycles. The van der Waals surface area contributed by atoms with Crippen molar-refractivity contribution in [3.05, 3.63) is 76.2 Å². The molecule has 110 valence electrons. The summed E-state index contributed by atoms with van der Waals surface area (Å²) in [5, 5.41) is 2.12. The second-order valence-electron chi connectivity index (χ2n) is 5.49. The molecule has 2 aromatic heterocycles. The molecule has 3 nitrogen and oxygen atoms in total. The number of carbonyl (C=O) groups is 1. The fraction of sp³-hybridized carbons (Fsp3) is 0.167. The van der Waals surface area contributed by atoms with Gasteiger partial charge >= 0.3 is 0 Å². The summed E-state index contributed by atoms with van der Waals surface area (Å²) in [6.07, 6.45) is 4.94. The minimum absolute atomic E-state index is 0.117. The lowest BCUT2D eigenvalue weighted by atomic mass is 10.1. The Hall–Kier alpha value is -2.33. The largest absolute Gasteiger partial charge is 0.334 e. The molecular formula is C18H16N2OS. The number of hydrogen-bond acceptors (Lipinski definition) is 2. The Morgan fingerprint density at radius 1 is 1.09 bits per heavy atom. The van der Waals surface area contributed by atoms with Crippen molar-refractivity contribution in [3.63, 3.8) is 0 Å². The number of hydrogen-bond donors (Lipinski definition) is 0. The van der Waals surface area contributed by atoms with E-state index in [0.717, 1.165) is 30.8 Å². The molecule has 1 amide bonds. The van der Waals surface area contributed by atoms with Crippen LogP contribution in [0.2, 0.25) is 0 Å². The smallest absolute Gasteiger partial charge is 0.254 e. The van der Waals surface area contributed by atoms with Crippen molar-refractivity contribution in [2.24, 2.45) is 0 Å². The van der Waals surface area contributed by atoms with Crippen molar-refractivity contribution < 1.29 is 4.79 Å². The van der Waals surface area contributed by atoms with E-state index in [1.807, 2.05) is 58.3 Å². The lowest BCUT2D eigenvalue weighted by Gasteiger charge is -2.27. The average Bonchev–Trinajstić information content (AvgIpc) is 3.25. The van der Waals surface area contributed by atoms with Crippen molar-refractivity contribution in [2.75, 3.05) is 6.54 Å². The van der Waals surface area contributed by atoms with Gasteiger partial charge < -0.3 is 9.47 Å². The zero-order chi connectivity index (χ0) is 14.9. The number of rotatable bonds is 2. The summed E-state index contributed by atoms with van der Waals surface area (Å²) in [6, 6.07) is 13.9. The van der Waals surface area contributed by atoms with Gasteiger partial charge in [0.1, 0.15) is 0 Å². The lowest BCUT2D eigenvalue weighted by Crippen LogP contribution is -2.35. The Balaban J connectivity index is 1.60. The van der Waals surface area contributed by atoms with Gasteiger partial charge in [-0.3, -0.25) is 4.79 Å². The maximum atomic E-state index is 12.8. The van der Waals surface area contributed by atoms with Gasteiger partial charge in [-0.25, -0.2) is 0 Å². The molecule has 1 aliphatic rings. The molecule has 0 saturated carbocycles. The molecular weight excluding hydrogens is 292 g/mol. The number of amides is 1. The number of nitrogens with zero attached hydrogens (tertiary/aromatic N) is 2. The Morgan fingerprint density at radius 3 is 2.82 bits per heavy atom. The zero-order valence-electron chi connectivity index (χ0n) is 12.1. The van der Waals surface area contributed by atoms with Gasteiger partial charge in [-0.15, -0.1) is 11.3 Å². The Bertz CT molecular complexity index is 804. The summed E-state index contributed by atoms with van der Waals surface area (Å²) in [5.74, 6) is 0.117. The van der Waals surface area contributed by atoms with Gasteiger partial charge in [0.2, 0.25) is 0 Å². The van der Waals surface area contributed by atoms with Gasteiger partial charge in [-0.2, -0.15) is 0 Å². The third kappa shape index (κ3) is 2.35. The Morgan fingerprint density at radius 2 is 1.95 bits per heavy atom. The van der Waals surface area contributed by atoms with Gasteiger partial charge in [0.05, 0.1) is 0 Å². The van der Waals surface area contributed by atoms with E-state index in [9.17, 15) is 4.79 Å². The predicted molar refractivity (Wildman–Crippen MR) is 88.5 cm³/mol. The topological polar surface area (TPSA) is 25.2 Å². The lowest BCUT2D eigenvalue weighted by molar-refractivity contribution is 0.0736. The van der Waals surface area contributed by atoms with Gasteiger partial charge in [-0.1, -0.05) is 6.07 Å².